The molecule has 0 aromatic heterocycles. The Bertz CT molecular complexity index is 303. The van der Waals surface area contributed by atoms with Crippen LogP contribution < -0.4 is 5.73 Å². The molecule has 0 aromatic carbocycles. The van der Waals surface area contributed by atoms with Gasteiger partial charge < -0.3 is 15.4 Å². The summed E-state index contributed by atoms with van der Waals surface area (Å²) in [6, 6.07) is -0.0120. The van der Waals surface area contributed by atoms with E-state index in [-0.39, 0.29) is 18.1 Å². The van der Waals surface area contributed by atoms with E-state index in [0.717, 1.165) is 45.3 Å². The molecule has 17 heavy (non-hydrogen) atoms. The Morgan fingerprint density at radius 1 is 1.41 bits per heavy atom. The molecule has 0 radical (unpaired) electrons. The molecule has 2 unspecified atom stereocenters. The summed E-state index contributed by atoms with van der Waals surface area (Å²) in [5, 5.41) is 0. The molecule has 2 aliphatic rings. The van der Waals surface area contributed by atoms with Gasteiger partial charge in [0.25, 0.3) is 0 Å². The Labute approximate surface area is 107 Å². The molecule has 2 fully saturated rings. The number of carbonyl (C=O) groups excluding carboxylic acids is 1. The lowest BCUT2D eigenvalue weighted by atomic mass is 10.1. The van der Waals surface area contributed by atoms with E-state index in [2.05, 4.69) is 0 Å². The maximum atomic E-state index is 12.1. The van der Waals surface area contributed by atoms with Gasteiger partial charge in [0, 0.05) is 19.6 Å². The highest BCUT2D eigenvalue weighted by Gasteiger charge is 2.30. The summed E-state index contributed by atoms with van der Waals surface area (Å²) >= 11 is 5.00. The summed E-state index contributed by atoms with van der Waals surface area (Å²) < 4.78 is 5.52. The average Bonchev–Trinajstić information content (AvgIpc) is 2.96. The van der Waals surface area contributed by atoms with Crippen LogP contribution in [-0.2, 0) is 9.53 Å². The smallest absolute Gasteiger partial charge is 0.223 e. The average molecular weight is 256 g/mol. The molecule has 0 aliphatic carbocycles. The SMILES string of the molecule is NC(=S)C1CCCN1C(=O)CCC1CCCO1. The van der Waals surface area contributed by atoms with Gasteiger partial charge in [-0.15, -0.1) is 0 Å². The lowest BCUT2D eigenvalue weighted by molar-refractivity contribution is -0.131. The van der Waals surface area contributed by atoms with Crippen molar-refractivity contribution >= 4 is 23.1 Å². The van der Waals surface area contributed by atoms with Gasteiger partial charge in [0.2, 0.25) is 5.91 Å². The van der Waals surface area contributed by atoms with Crippen LogP contribution in [0.2, 0.25) is 0 Å². The number of rotatable bonds is 4. The third kappa shape index (κ3) is 3.16. The standard InChI is InChI=1S/C12H20N2O2S/c13-12(17)10-4-1-7-14(10)11(15)6-5-9-3-2-8-16-9/h9-10H,1-8H2,(H2,13,17). The van der Waals surface area contributed by atoms with Gasteiger partial charge >= 0.3 is 0 Å². The first-order valence-corrected chi connectivity index (χ1v) is 6.79. The second-order valence-electron chi connectivity index (χ2n) is 4.82. The highest BCUT2D eigenvalue weighted by atomic mass is 32.1. The van der Waals surface area contributed by atoms with Crippen molar-refractivity contribution in [1.29, 1.82) is 0 Å². The maximum Gasteiger partial charge on any atom is 0.223 e. The van der Waals surface area contributed by atoms with E-state index in [1.807, 2.05) is 4.90 Å². The molecular weight excluding hydrogens is 236 g/mol. The van der Waals surface area contributed by atoms with E-state index in [1.165, 1.54) is 0 Å². The minimum atomic E-state index is -0.0120. The van der Waals surface area contributed by atoms with Crippen molar-refractivity contribution in [3.8, 4) is 0 Å². The molecule has 0 spiro atoms. The second kappa shape index (κ2) is 5.78. The number of carbonyl (C=O) groups is 1. The van der Waals surface area contributed by atoms with Crippen LogP contribution in [0.3, 0.4) is 0 Å². The molecule has 2 rings (SSSR count). The quantitative estimate of drug-likeness (QED) is 0.769. The summed E-state index contributed by atoms with van der Waals surface area (Å²) in [4.78, 5) is 14.4. The highest BCUT2D eigenvalue weighted by Crippen LogP contribution is 2.21. The molecule has 4 nitrogen and oxygen atoms in total. The zero-order valence-electron chi connectivity index (χ0n) is 10.1. The van der Waals surface area contributed by atoms with Gasteiger partial charge in [-0.2, -0.15) is 0 Å². The minimum Gasteiger partial charge on any atom is -0.392 e. The van der Waals surface area contributed by atoms with E-state index in [9.17, 15) is 4.79 Å². The normalized spacial score (nSPS) is 28.6. The Morgan fingerprint density at radius 2 is 2.24 bits per heavy atom. The fraction of sp³-hybridized carbons (Fsp3) is 0.833. The third-order valence-electron chi connectivity index (χ3n) is 3.61. The van der Waals surface area contributed by atoms with E-state index < -0.39 is 0 Å². The van der Waals surface area contributed by atoms with Crippen molar-refractivity contribution < 1.29 is 9.53 Å². The largest absolute Gasteiger partial charge is 0.392 e. The van der Waals surface area contributed by atoms with Crippen molar-refractivity contribution in [1.82, 2.24) is 4.90 Å². The van der Waals surface area contributed by atoms with Crippen molar-refractivity contribution in [3.05, 3.63) is 0 Å². The van der Waals surface area contributed by atoms with Crippen LogP contribution in [0, 0.1) is 0 Å². The lowest BCUT2D eigenvalue weighted by Gasteiger charge is -2.24. The monoisotopic (exact) mass is 256 g/mol. The molecule has 1 amide bonds. The van der Waals surface area contributed by atoms with Crippen LogP contribution in [0.5, 0.6) is 0 Å². The molecule has 96 valence electrons. The zero-order chi connectivity index (χ0) is 12.3. The number of nitrogens with zero attached hydrogens (tertiary/aromatic N) is 1. The van der Waals surface area contributed by atoms with Crippen LogP contribution >= 0.6 is 12.2 Å². The topological polar surface area (TPSA) is 55.6 Å². The third-order valence-corrected chi connectivity index (χ3v) is 3.88. The van der Waals surface area contributed by atoms with Gasteiger partial charge in [0.05, 0.1) is 17.1 Å². The Hall–Kier alpha value is -0.680. The number of ether oxygens (including phenoxy) is 1. The van der Waals surface area contributed by atoms with Crippen LogP contribution in [0.15, 0.2) is 0 Å². The first-order chi connectivity index (χ1) is 8.18. The number of amides is 1. The first kappa shape index (κ1) is 12.8. The van der Waals surface area contributed by atoms with Crippen molar-refractivity contribution in [3.63, 3.8) is 0 Å². The summed E-state index contributed by atoms with van der Waals surface area (Å²) in [6.45, 7) is 1.64. The van der Waals surface area contributed by atoms with Gasteiger partial charge in [-0.25, -0.2) is 0 Å². The molecule has 2 aliphatic heterocycles. The Morgan fingerprint density at radius 3 is 2.88 bits per heavy atom. The number of likely N-dealkylation sites (tertiary alicyclic amines) is 1. The van der Waals surface area contributed by atoms with Crippen LogP contribution in [0.1, 0.15) is 38.5 Å². The van der Waals surface area contributed by atoms with Gasteiger partial charge in [0.1, 0.15) is 0 Å². The van der Waals surface area contributed by atoms with Crippen LogP contribution in [-0.4, -0.2) is 41.1 Å². The number of hydrogen-bond donors (Lipinski definition) is 1. The van der Waals surface area contributed by atoms with Crippen molar-refractivity contribution in [2.45, 2.75) is 50.7 Å². The molecule has 2 heterocycles. The minimum absolute atomic E-state index is 0.0120. The van der Waals surface area contributed by atoms with E-state index >= 15 is 0 Å². The summed E-state index contributed by atoms with van der Waals surface area (Å²) in [7, 11) is 0. The number of nitrogens with two attached hydrogens (primary N) is 1. The highest BCUT2D eigenvalue weighted by molar-refractivity contribution is 7.80. The summed E-state index contributed by atoms with van der Waals surface area (Å²) in [5.74, 6) is 0.177. The zero-order valence-corrected chi connectivity index (χ0v) is 10.9. The van der Waals surface area contributed by atoms with Crippen LogP contribution in [0.4, 0.5) is 0 Å². The molecule has 0 aromatic rings. The number of thiocarbonyl (C=S) groups is 1. The Balaban J connectivity index is 1.80. The first-order valence-electron chi connectivity index (χ1n) is 6.39. The van der Waals surface area contributed by atoms with Gasteiger partial charge in [-0.3, -0.25) is 4.79 Å². The van der Waals surface area contributed by atoms with Crippen LogP contribution in [0.25, 0.3) is 0 Å². The molecular formula is C12H20N2O2S. The van der Waals surface area contributed by atoms with Crippen molar-refractivity contribution in [2.75, 3.05) is 13.2 Å². The summed E-state index contributed by atoms with van der Waals surface area (Å²) in [5.41, 5.74) is 5.66. The van der Waals surface area contributed by atoms with E-state index in [0.29, 0.717) is 11.4 Å². The molecule has 0 bridgehead atoms. The predicted molar refractivity (Wildman–Crippen MR) is 69.7 cm³/mol. The van der Waals surface area contributed by atoms with Crippen molar-refractivity contribution in [2.24, 2.45) is 5.73 Å². The maximum absolute atomic E-state index is 12.1. The number of hydrogen-bond acceptors (Lipinski definition) is 3. The fourth-order valence-corrected chi connectivity index (χ4v) is 2.91. The summed E-state index contributed by atoms with van der Waals surface area (Å²) in [6.07, 6.45) is 5.81. The fourth-order valence-electron chi connectivity index (χ4n) is 2.66. The Kier molecular flexibility index (Phi) is 4.34. The predicted octanol–water partition coefficient (Wildman–Crippen LogP) is 1.22. The molecule has 0 saturated carbocycles. The van der Waals surface area contributed by atoms with Gasteiger partial charge in [-0.05, 0) is 32.1 Å². The molecule has 2 atom stereocenters. The molecule has 2 saturated heterocycles. The second-order valence-corrected chi connectivity index (χ2v) is 5.29. The van der Waals surface area contributed by atoms with Gasteiger partial charge in [0.15, 0.2) is 0 Å². The molecule has 5 heteroatoms. The lowest BCUT2D eigenvalue weighted by Crippen LogP contribution is -2.42. The van der Waals surface area contributed by atoms with E-state index in [4.69, 9.17) is 22.7 Å². The van der Waals surface area contributed by atoms with E-state index in [1.54, 1.807) is 0 Å². The molecule has 2 N–H and O–H groups in total. The van der Waals surface area contributed by atoms with Gasteiger partial charge in [-0.1, -0.05) is 12.2 Å².